The standard InChI is InChI=1S/C12H18O.C11H16O.C6H14/c1-3-5-10-13-12-8-6-11(4-2)7-9-12;1-3-4-9-12-11-7-5-10(2)6-8-11;1-4-6(3)5-2/h6-9H,3-5,10H2,1-2H3;5-8H,3-4,9H2,1-2H3;6H,4-5H2,1-3H3. The molecule has 0 aliphatic heterocycles. The maximum Gasteiger partial charge on any atom is 0.119 e. The molecule has 0 heterocycles. The molecular weight excluding hydrogens is 380 g/mol. The first-order valence-electron chi connectivity index (χ1n) is 12.4. The molecule has 176 valence electrons. The van der Waals surface area contributed by atoms with Crippen molar-refractivity contribution in [1.29, 1.82) is 0 Å². The molecule has 2 rings (SSSR count). The van der Waals surface area contributed by atoms with Crippen molar-refractivity contribution < 1.29 is 9.47 Å². The Balaban J connectivity index is 0.000000466. The average molecular weight is 429 g/mol. The van der Waals surface area contributed by atoms with E-state index in [0.717, 1.165) is 49.9 Å². The predicted octanol–water partition coefficient (Wildman–Crippen LogP) is 9.04. The monoisotopic (exact) mass is 428 g/mol. The summed E-state index contributed by atoms with van der Waals surface area (Å²) in [7, 11) is 0. The molecule has 0 aliphatic rings. The number of hydrogen-bond donors (Lipinski definition) is 0. The minimum Gasteiger partial charge on any atom is -0.494 e. The lowest BCUT2D eigenvalue weighted by Gasteiger charge is -2.05. The second-order valence-electron chi connectivity index (χ2n) is 8.14. The van der Waals surface area contributed by atoms with E-state index in [2.05, 4.69) is 84.9 Å². The van der Waals surface area contributed by atoms with Gasteiger partial charge in [0.25, 0.3) is 0 Å². The zero-order valence-corrected chi connectivity index (χ0v) is 21.4. The van der Waals surface area contributed by atoms with E-state index in [0.29, 0.717) is 0 Å². The molecule has 0 unspecified atom stereocenters. The van der Waals surface area contributed by atoms with Crippen molar-refractivity contribution >= 4 is 0 Å². The smallest absolute Gasteiger partial charge is 0.119 e. The van der Waals surface area contributed by atoms with E-state index in [4.69, 9.17) is 9.47 Å². The SMILES string of the molecule is CCC(C)CC.CCCCOc1ccc(C)cc1.CCCCOc1ccc(CC)cc1. The molecule has 0 radical (unpaired) electrons. The maximum absolute atomic E-state index is 5.55. The third kappa shape index (κ3) is 16.4. The van der Waals surface area contributed by atoms with Gasteiger partial charge < -0.3 is 9.47 Å². The molecule has 2 nitrogen and oxygen atoms in total. The number of ether oxygens (including phenoxy) is 2. The van der Waals surface area contributed by atoms with E-state index in [1.54, 1.807) is 0 Å². The highest BCUT2D eigenvalue weighted by atomic mass is 16.5. The summed E-state index contributed by atoms with van der Waals surface area (Å²) in [5.74, 6) is 2.91. The zero-order valence-electron chi connectivity index (χ0n) is 21.4. The van der Waals surface area contributed by atoms with Crippen molar-refractivity contribution in [2.24, 2.45) is 5.92 Å². The third-order valence-electron chi connectivity index (χ3n) is 5.28. The topological polar surface area (TPSA) is 18.5 Å². The Kier molecular flexibility index (Phi) is 18.7. The van der Waals surface area contributed by atoms with Crippen LogP contribution in [0.3, 0.4) is 0 Å². The van der Waals surface area contributed by atoms with Gasteiger partial charge in [-0.05, 0) is 61.9 Å². The predicted molar refractivity (Wildman–Crippen MR) is 138 cm³/mol. The van der Waals surface area contributed by atoms with Gasteiger partial charge in [-0.1, -0.05) is 97.1 Å². The van der Waals surface area contributed by atoms with E-state index in [1.165, 1.54) is 36.8 Å². The van der Waals surface area contributed by atoms with Crippen LogP contribution in [0, 0.1) is 12.8 Å². The highest BCUT2D eigenvalue weighted by Crippen LogP contribution is 2.13. The maximum atomic E-state index is 5.55. The van der Waals surface area contributed by atoms with Gasteiger partial charge >= 0.3 is 0 Å². The largest absolute Gasteiger partial charge is 0.494 e. The van der Waals surface area contributed by atoms with Crippen LogP contribution in [0.15, 0.2) is 48.5 Å². The van der Waals surface area contributed by atoms with Gasteiger partial charge in [0, 0.05) is 0 Å². The molecule has 0 spiro atoms. The van der Waals surface area contributed by atoms with E-state index in [9.17, 15) is 0 Å². The van der Waals surface area contributed by atoms with Gasteiger partial charge in [-0.15, -0.1) is 0 Å². The summed E-state index contributed by atoms with van der Waals surface area (Å²) in [5.41, 5.74) is 2.64. The molecule has 2 aromatic carbocycles. The van der Waals surface area contributed by atoms with Gasteiger partial charge in [0.15, 0.2) is 0 Å². The van der Waals surface area contributed by atoms with Crippen LogP contribution in [0.5, 0.6) is 11.5 Å². The normalized spacial score (nSPS) is 9.94. The Morgan fingerprint density at radius 1 is 0.645 bits per heavy atom. The molecule has 2 aromatic rings. The van der Waals surface area contributed by atoms with Gasteiger partial charge in [-0.2, -0.15) is 0 Å². The molecule has 0 saturated heterocycles. The Morgan fingerprint density at radius 2 is 1.06 bits per heavy atom. The van der Waals surface area contributed by atoms with Crippen LogP contribution in [0.4, 0.5) is 0 Å². The van der Waals surface area contributed by atoms with Crippen LogP contribution >= 0.6 is 0 Å². The summed E-state index contributed by atoms with van der Waals surface area (Å²) >= 11 is 0. The third-order valence-corrected chi connectivity index (χ3v) is 5.28. The molecule has 0 saturated carbocycles. The zero-order chi connectivity index (χ0) is 23.3. The first kappa shape index (κ1) is 29.0. The fraction of sp³-hybridized carbons (Fsp3) is 0.586. The van der Waals surface area contributed by atoms with Gasteiger partial charge in [0.2, 0.25) is 0 Å². The van der Waals surface area contributed by atoms with E-state index < -0.39 is 0 Å². The fourth-order valence-electron chi connectivity index (χ4n) is 2.41. The van der Waals surface area contributed by atoms with Crippen molar-refractivity contribution in [3.63, 3.8) is 0 Å². The highest BCUT2D eigenvalue weighted by molar-refractivity contribution is 5.27. The van der Waals surface area contributed by atoms with Crippen molar-refractivity contribution in [3.05, 3.63) is 59.7 Å². The number of aryl methyl sites for hydroxylation is 2. The minimum atomic E-state index is 0.833. The van der Waals surface area contributed by atoms with Gasteiger partial charge in [0.1, 0.15) is 11.5 Å². The van der Waals surface area contributed by atoms with Crippen molar-refractivity contribution in [2.45, 2.75) is 93.4 Å². The molecule has 2 heteroatoms. The average Bonchev–Trinajstić information content (AvgIpc) is 2.81. The first-order chi connectivity index (χ1) is 15.0. The second-order valence-corrected chi connectivity index (χ2v) is 8.14. The van der Waals surface area contributed by atoms with Crippen LogP contribution in [0.2, 0.25) is 0 Å². The summed E-state index contributed by atoms with van der Waals surface area (Å²) in [6, 6.07) is 16.5. The Labute approximate surface area is 193 Å². The molecule has 0 fully saturated rings. The van der Waals surface area contributed by atoms with Crippen LogP contribution < -0.4 is 9.47 Å². The Hall–Kier alpha value is -1.96. The molecule has 0 atom stereocenters. The minimum absolute atomic E-state index is 0.833. The van der Waals surface area contributed by atoms with Crippen molar-refractivity contribution in [2.75, 3.05) is 13.2 Å². The molecule has 0 bridgehead atoms. The fourth-order valence-corrected chi connectivity index (χ4v) is 2.41. The lowest BCUT2D eigenvalue weighted by atomic mass is 10.1. The van der Waals surface area contributed by atoms with E-state index in [1.807, 2.05) is 12.1 Å². The van der Waals surface area contributed by atoms with Gasteiger partial charge in [-0.3, -0.25) is 0 Å². The summed E-state index contributed by atoms with van der Waals surface area (Å²) in [5, 5.41) is 0. The van der Waals surface area contributed by atoms with E-state index in [-0.39, 0.29) is 0 Å². The summed E-state index contributed by atoms with van der Waals surface area (Å²) in [6.07, 6.45) is 8.39. The lowest BCUT2D eigenvalue weighted by Crippen LogP contribution is -1.96. The van der Waals surface area contributed by atoms with Gasteiger partial charge in [-0.25, -0.2) is 0 Å². The van der Waals surface area contributed by atoms with E-state index >= 15 is 0 Å². The van der Waals surface area contributed by atoms with Crippen LogP contribution in [-0.2, 0) is 6.42 Å². The molecule has 0 aromatic heterocycles. The summed E-state index contributed by atoms with van der Waals surface area (Å²) < 4.78 is 11.0. The first-order valence-corrected chi connectivity index (χ1v) is 12.4. The molecular formula is C29H48O2. The molecule has 31 heavy (non-hydrogen) atoms. The number of hydrogen-bond acceptors (Lipinski definition) is 2. The van der Waals surface area contributed by atoms with Crippen LogP contribution in [-0.4, -0.2) is 13.2 Å². The molecule has 0 aliphatic carbocycles. The van der Waals surface area contributed by atoms with Crippen LogP contribution in [0.1, 0.15) is 91.2 Å². The quantitative estimate of drug-likeness (QED) is 0.332. The molecule has 0 N–H and O–H groups in total. The number of benzene rings is 2. The second kappa shape index (κ2) is 20.0. The molecule has 0 amide bonds. The Bertz CT molecular complexity index is 612. The number of unbranched alkanes of at least 4 members (excludes halogenated alkanes) is 2. The summed E-state index contributed by atoms with van der Waals surface area (Å²) in [4.78, 5) is 0. The lowest BCUT2D eigenvalue weighted by molar-refractivity contribution is 0.309. The Morgan fingerprint density at radius 3 is 1.39 bits per heavy atom. The van der Waals surface area contributed by atoms with Gasteiger partial charge in [0.05, 0.1) is 13.2 Å². The van der Waals surface area contributed by atoms with Crippen molar-refractivity contribution in [3.8, 4) is 11.5 Å². The van der Waals surface area contributed by atoms with Crippen molar-refractivity contribution in [1.82, 2.24) is 0 Å². The summed E-state index contributed by atoms with van der Waals surface area (Å²) in [6.45, 7) is 17.0. The highest BCUT2D eigenvalue weighted by Gasteiger charge is 1.93. The number of rotatable bonds is 11. The van der Waals surface area contributed by atoms with Crippen LogP contribution in [0.25, 0.3) is 0 Å².